The highest BCUT2D eigenvalue weighted by atomic mass is 35.5. The van der Waals surface area contributed by atoms with Crippen LogP contribution in [-0.2, 0) is 0 Å². The van der Waals surface area contributed by atoms with Crippen LogP contribution in [0.5, 0.6) is 5.75 Å². The summed E-state index contributed by atoms with van der Waals surface area (Å²) >= 11 is 5.85. The number of hydrogen-bond acceptors (Lipinski definition) is 2. The molecule has 2 nitrogen and oxygen atoms in total. The second-order valence-electron chi connectivity index (χ2n) is 3.17. The molecule has 2 aromatic rings. The minimum absolute atomic E-state index is 0.102. The van der Waals surface area contributed by atoms with Gasteiger partial charge in [-0.15, -0.1) is 0 Å². The molecule has 0 saturated carbocycles. The highest BCUT2D eigenvalue weighted by Crippen LogP contribution is 2.34. The first kappa shape index (κ1) is 9.28. The maximum atomic E-state index is 11.2. The minimum atomic E-state index is 0.102. The fourth-order valence-corrected chi connectivity index (χ4v) is 1.63. The van der Waals surface area contributed by atoms with Crippen molar-refractivity contribution in [2.75, 3.05) is 7.11 Å². The quantitative estimate of drug-likeness (QED) is 0.758. The standard InChI is InChI=1S/C11H9ClO2/c1-6-10(11(6)13)8-5-7(12)3-4-9(8)14-2/h3-5H,1-2H3. The van der Waals surface area contributed by atoms with Crippen molar-refractivity contribution in [2.45, 2.75) is 6.92 Å². The highest BCUT2D eigenvalue weighted by molar-refractivity contribution is 6.31. The first-order valence-corrected chi connectivity index (χ1v) is 4.62. The summed E-state index contributed by atoms with van der Waals surface area (Å²) in [4.78, 5) is 11.2. The Morgan fingerprint density at radius 3 is 2.50 bits per heavy atom. The lowest BCUT2D eigenvalue weighted by Gasteiger charge is -2.04. The number of methoxy groups -OCH3 is 1. The van der Waals surface area contributed by atoms with E-state index in [9.17, 15) is 4.79 Å². The molecule has 2 rings (SSSR count). The maximum absolute atomic E-state index is 11.2. The zero-order chi connectivity index (χ0) is 10.3. The van der Waals surface area contributed by atoms with E-state index in [0.717, 1.165) is 16.7 Å². The lowest BCUT2D eigenvalue weighted by molar-refractivity contribution is 0.416. The van der Waals surface area contributed by atoms with Crippen LogP contribution in [0, 0.1) is 6.92 Å². The van der Waals surface area contributed by atoms with Crippen LogP contribution in [0.15, 0.2) is 23.0 Å². The number of halogens is 1. The Balaban J connectivity index is 2.57. The molecule has 0 fully saturated rings. The number of rotatable bonds is 2. The van der Waals surface area contributed by atoms with Gasteiger partial charge in [-0.3, -0.25) is 4.79 Å². The fraction of sp³-hybridized carbons (Fsp3) is 0.182. The van der Waals surface area contributed by atoms with Gasteiger partial charge in [0, 0.05) is 21.7 Å². The van der Waals surface area contributed by atoms with E-state index in [4.69, 9.17) is 16.3 Å². The van der Waals surface area contributed by atoms with E-state index < -0.39 is 0 Å². The summed E-state index contributed by atoms with van der Waals surface area (Å²) in [5, 5.41) is 0.612. The third-order valence-electron chi connectivity index (χ3n) is 2.31. The van der Waals surface area contributed by atoms with Crippen LogP contribution in [0.4, 0.5) is 0 Å². The molecule has 3 heteroatoms. The van der Waals surface area contributed by atoms with Gasteiger partial charge in [0.05, 0.1) is 7.11 Å². The normalized spacial score (nSPS) is 10.8. The number of benzene rings is 1. The second-order valence-corrected chi connectivity index (χ2v) is 3.61. The van der Waals surface area contributed by atoms with Crippen LogP contribution in [0.1, 0.15) is 5.56 Å². The van der Waals surface area contributed by atoms with Gasteiger partial charge in [-0.2, -0.15) is 0 Å². The smallest absolute Gasteiger partial charge is 0.190 e. The molecule has 0 amide bonds. The molecule has 0 unspecified atom stereocenters. The van der Waals surface area contributed by atoms with Crippen molar-refractivity contribution in [1.29, 1.82) is 0 Å². The molecule has 2 aromatic carbocycles. The minimum Gasteiger partial charge on any atom is -0.496 e. The Morgan fingerprint density at radius 2 is 2.00 bits per heavy atom. The molecule has 0 aliphatic heterocycles. The van der Waals surface area contributed by atoms with Crippen molar-refractivity contribution < 1.29 is 4.74 Å². The van der Waals surface area contributed by atoms with Gasteiger partial charge in [-0.1, -0.05) is 11.6 Å². The number of ether oxygens (including phenoxy) is 1. The largest absolute Gasteiger partial charge is 0.496 e. The Kier molecular flexibility index (Phi) is 2.08. The summed E-state index contributed by atoms with van der Waals surface area (Å²) in [6.07, 6.45) is 0. The van der Waals surface area contributed by atoms with E-state index in [1.807, 2.05) is 0 Å². The summed E-state index contributed by atoms with van der Waals surface area (Å²) in [7, 11) is 1.58. The summed E-state index contributed by atoms with van der Waals surface area (Å²) in [5.74, 6) is 0.689. The van der Waals surface area contributed by atoms with Crippen LogP contribution < -0.4 is 10.2 Å². The van der Waals surface area contributed by atoms with Gasteiger partial charge in [0.15, 0.2) is 5.43 Å². The van der Waals surface area contributed by atoms with E-state index in [1.165, 1.54) is 0 Å². The molecule has 0 radical (unpaired) electrons. The van der Waals surface area contributed by atoms with Crippen LogP contribution in [0.3, 0.4) is 0 Å². The SMILES string of the molecule is COc1ccc(Cl)cc1-c1c(C)c1=O. The van der Waals surface area contributed by atoms with Gasteiger partial charge in [0.25, 0.3) is 0 Å². The van der Waals surface area contributed by atoms with E-state index in [0.29, 0.717) is 10.8 Å². The van der Waals surface area contributed by atoms with E-state index >= 15 is 0 Å². The predicted octanol–water partition coefficient (Wildman–Crippen LogP) is 2.56. The average Bonchev–Trinajstić information content (AvgIpc) is 2.75. The van der Waals surface area contributed by atoms with Crippen LogP contribution in [0.25, 0.3) is 11.1 Å². The molecule has 0 spiro atoms. The molecule has 0 saturated heterocycles. The van der Waals surface area contributed by atoms with Gasteiger partial charge in [0.1, 0.15) is 5.75 Å². The Labute approximate surface area is 86.8 Å². The van der Waals surface area contributed by atoms with Crippen molar-refractivity contribution in [3.8, 4) is 16.9 Å². The monoisotopic (exact) mass is 208 g/mol. The van der Waals surface area contributed by atoms with E-state index in [2.05, 4.69) is 0 Å². The molecule has 72 valence electrons. The Bertz CT molecular complexity index is 493. The van der Waals surface area contributed by atoms with Gasteiger partial charge in [-0.25, -0.2) is 0 Å². The summed E-state index contributed by atoms with van der Waals surface area (Å²) < 4.78 is 5.15. The maximum Gasteiger partial charge on any atom is 0.190 e. The van der Waals surface area contributed by atoms with Crippen LogP contribution in [-0.4, -0.2) is 7.11 Å². The fourth-order valence-electron chi connectivity index (χ4n) is 1.46. The van der Waals surface area contributed by atoms with Crippen LogP contribution >= 0.6 is 11.6 Å². The first-order chi connectivity index (χ1) is 6.65. The third kappa shape index (κ3) is 1.32. The van der Waals surface area contributed by atoms with Crippen molar-refractivity contribution >= 4 is 11.6 Å². The van der Waals surface area contributed by atoms with Crippen molar-refractivity contribution in [2.24, 2.45) is 0 Å². The zero-order valence-electron chi connectivity index (χ0n) is 7.93. The summed E-state index contributed by atoms with van der Waals surface area (Å²) in [6, 6.07) is 5.26. The molecular formula is C11H9ClO2. The zero-order valence-corrected chi connectivity index (χ0v) is 8.68. The molecular weight excluding hydrogens is 200 g/mol. The van der Waals surface area contributed by atoms with Gasteiger partial charge >= 0.3 is 0 Å². The molecule has 0 aromatic heterocycles. The lowest BCUT2D eigenvalue weighted by Crippen LogP contribution is -1.87. The first-order valence-electron chi connectivity index (χ1n) is 4.24. The van der Waals surface area contributed by atoms with Crippen molar-refractivity contribution in [3.63, 3.8) is 0 Å². The van der Waals surface area contributed by atoms with E-state index in [1.54, 1.807) is 32.2 Å². The van der Waals surface area contributed by atoms with Gasteiger partial charge in [0.2, 0.25) is 0 Å². The molecule has 0 atom stereocenters. The summed E-state index contributed by atoms with van der Waals surface area (Å²) in [6.45, 7) is 1.80. The summed E-state index contributed by atoms with van der Waals surface area (Å²) in [5.41, 5.74) is 2.43. The average molecular weight is 209 g/mol. The Hall–Kier alpha value is -1.28. The van der Waals surface area contributed by atoms with Gasteiger partial charge < -0.3 is 4.74 Å². The molecule has 0 aliphatic carbocycles. The van der Waals surface area contributed by atoms with Crippen molar-refractivity contribution in [3.05, 3.63) is 39.0 Å². The van der Waals surface area contributed by atoms with Crippen LogP contribution in [0.2, 0.25) is 5.02 Å². The Morgan fingerprint density at radius 1 is 1.36 bits per heavy atom. The second kappa shape index (κ2) is 3.14. The molecule has 0 N–H and O–H groups in total. The number of hydrogen-bond donors (Lipinski definition) is 0. The molecule has 0 heterocycles. The molecule has 0 bridgehead atoms. The van der Waals surface area contributed by atoms with E-state index in [-0.39, 0.29) is 5.43 Å². The van der Waals surface area contributed by atoms with Crippen molar-refractivity contribution in [1.82, 2.24) is 0 Å². The highest BCUT2D eigenvalue weighted by Gasteiger charge is 2.22. The topological polar surface area (TPSA) is 26.3 Å². The predicted molar refractivity (Wildman–Crippen MR) is 56.8 cm³/mol. The lowest BCUT2D eigenvalue weighted by atomic mass is 10.1. The van der Waals surface area contributed by atoms with Gasteiger partial charge in [-0.05, 0) is 25.1 Å². The molecule has 14 heavy (non-hydrogen) atoms. The molecule has 0 aliphatic rings. The third-order valence-corrected chi connectivity index (χ3v) is 2.55.